The van der Waals surface area contributed by atoms with Crippen molar-refractivity contribution >= 4 is 29.1 Å². The van der Waals surface area contributed by atoms with Gasteiger partial charge in [-0.2, -0.15) is 5.26 Å². The van der Waals surface area contributed by atoms with E-state index in [0.717, 1.165) is 25.7 Å². The van der Waals surface area contributed by atoms with Crippen LogP contribution in [0.5, 0.6) is 0 Å². The van der Waals surface area contributed by atoms with Crippen molar-refractivity contribution in [2.45, 2.75) is 70.4 Å². The van der Waals surface area contributed by atoms with E-state index in [0.29, 0.717) is 29.1 Å². The van der Waals surface area contributed by atoms with E-state index in [1.807, 2.05) is 20.8 Å². The number of amides is 2. The van der Waals surface area contributed by atoms with Crippen molar-refractivity contribution in [2.24, 2.45) is 0 Å². The summed E-state index contributed by atoms with van der Waals surface area (Å²) in [6.45, 7) is 5.94. The Bertz CT molecular complexity index is 764. The van der Waals surface area contributed by atoms with Crippen LogP contribution in [0.2, 0.25) is 5.02 Å². The number of rotatable bonds is 7. The second-order valence-electron chi connectivity index (χ2n) is 8.04. The molecule has 1 aromatic rings. The highest BCUT2D eigenvalue weighted by molar-refractivity contribution is 6.34. The van der Waals surface area contributed by atoms with Gasteiger partial charge in [-0.25, -0.2) is 0 Å². The molecule has 0 heterocycles. The van der Waals surface area contributed by atoms with Gasteiger partial charge in [0.25, 0.3) is 5.91 Å². The molecule has 0 spiro atoms. The third-order valence-corrected chi connectivity index (χ3v) is 5.62. The van der Waals surface area contributed by atoms with Crippen LogP contribution in [0.1, 0.15) is 69.7 Å². The lowest BCUT2D eigenvalue weighted by molar-refractivity contribution is -0.121. The molecule has 1 saturated carbocycles. The molecule has 0 atom stereocenters. The summed E-state index contributed by atoms with van der Waals surface area (Å²) in [5, 5.41) is 18.6. The fourth-order valence-corrected chi connectivity index (χ4v) is 3.45. The smallest absolute Gasteiger partial charge is 0.253 e. The van der Waals surface area contributed by atoms with Crippen LogP contribution in [0.15, 0.2) is 18.2 Å². The number of nitrogens with zero attached hydrogens (tertiary/aromatic N) is 1. The largest absolute Gasteiger partial charge is 0.376 e. The summed E-state index contributed by atoms with van der Waals surface area (Å²) >= 11 is 6.27. The molecule has 0 radical (unpaired) electrons. The maximum atomic E-state index is 12.4. The zero-order valence-corrected chi connectivity index (χ0v) is 17.6. The van der Waals surface area contributed by atoms with E-state index in [9.17, 15) is 14.9 Å². The molecule has 0 aliphatic heterocycles. The normalized spacial score (nSPS) is 16.0. The molecule has 0 saturated heterocycles. The molecule has 1 aromatic carbocycles. The molecule has 1 aliphatic rings. The van der Waals surface area contributed by atoms with Crippen LogP contribution in [0.3, 0.4) is 0 Å². The summed E-state index contributed by atoms with van der Waals surface area (Å²) in [7, 11) is 0. The number of carbonyl (C=O) groups is 2. The summed E-state index contributed by atoms with van der Waals surface area (Å²) in [5.74, 6) is -0.458. The van der Waals surface area contributed by atoms with Gasteiger partial charge < -0.3 is 16.0 Å². The van der Waals surface area contributed by atoms with Crippen molar-refractivity contribution in [2.75, 3.05) is 11.9 Å². The summed E-state index contributed by atoms with van der Waals surface area (Å²) < 4.78 is 0. The molecule has 3 N–H and O–H groups in total. The molecule has 1 aliphatic carbocycles. The second kappa shape index (κ2) is 9.29. The summed E-state index contributed by atoms with van der Waals surface area (Å²) in [6, 6.07) is 7.26. The molecule has 1 fully saturated rings. The van der Waals surface area contributed by atoms with E-state index >= 15 is 0 Å². The van der Waals surface area contributed by atoms with Crippen LogP contribution in [0, 0.1) is 11.3 Å². The molecule has 28 heavy (non-hydrogen) atoms. The van der Waals surface area contributed by atoms with Crippen molar-refractivity contribution in [3.05, 3.63) is 28.8 Å². The maximum absolute atomic E-state index is 12.4. The highest BCUT2D eigenvalue weighted by Crippen LogP contribution is 2.27. The van der Waals surface area contributed by atoms with Crippen molar-refractivity contribution in [3.8, 4) is 6.07 Å². The Morgan fingerprint density at radius 2 is 1.93 bits per heavy atom. The number of carbonyl (C=O) groups excluding carboxylic acids is 2. The second-order valence-corrected chi connectivity index (χ2v) is 8.45. The Hall–Kier alpha value is -2.26. The van der Waals surface area contributed by atoms with E-state index in [1.165, 1.54) is 0 Å². The molecule has 0 unspecified atom stereocenters. The lowest BCUT2D eigenvalue weighted by atomic mass is 9.83. The Morgan fingerprint density at radius 3 is 2.50 bits per heavy atom. The monoisotopic (exact) mass is 404 g/mol. The summed E-state index contributed by atoms with van der Waals surface area (Å²) in [5.41, 5.74) is -0.0292. The minimum atomic E-state index is -0.747. The van der Waals surface area contributed by atoms with Crippen LogP contribution in [-0.4, -0.2) is 29.4 Å². The van der Waals surface area contributed by atoms with Crippen LogP contribution >= 0.6 is 11.6 Å². The molecule has 6 nitrogen and oxygen atoms in total. The van der Waals surface area contributed by atoms with Crippen LogP contribution in [0.4, 0.5) is 5.69 Å². The number of nitrogens with one attached hydrogen (secondary N) is 3. The van der Waals surface area contributed by atoms with Crippen molar-refractivity contribution in [1.82, 2.24) is 10.6 Å². The maximum Gasteiger partial charge on any atom is 0.253 e. The van der Waals surface area contributed by atoms with E-state index in [2.05, 4.69) is 22.0 Å². The van der Waals surface area contributed by atoms with Gasteiger partial charge in [-0.15, -0.1) is 0 Å². The highest BCUT2D eigenvalue weighted by atomic mass is 35.5. The Kier molecular flexibility index (Phi) is 7.31. The fraction of sp³-hybridized carbons (Fsp3) is 0.571. The average molecular weight is 405 g/mol. The SMILES string of the molecule is CCC(C)(C)NC(=O)c1ccc(NCC(=O)NC2(C#N)CCCCC2)cc1Cl. The summed E-state index contributed by atoms with van der Waals surface area (Å²) in [4.78, 5) is 24.7. The van der Waals surface area contributed by atoms with Gasteiger partial charge in [0.05, 0.1) is 23.2 Å². The Morgan fingerprint density at radius 1 is 1.25 bits per heavy atom. The number of halogens is 1. The quantitative estimate of drug-likeness (QED) is 0.639. The first-order valence-corrected chi connectivity index (χ1v) is 10.2. The Balaban J connectivity index is 1.94. The van der Waals surface area contributed by atoms with Gasteiger partial charge in [0.2, 0.25) is 5.91 Å². The molecule has 152 valence electrons. The van der Waals surface area contributed by atoms with Gasteiger partial charge in [0.1, 0.15) is 5.54 Å². The first-order valence-electron chi connectivity index (χ1n) is 9.78. The third kappa shape index (κ3) is 5.87. The molecule has 7 heteroatoms. The van der Waals surface area contributed by atoms with Gasteiger partial charge in [-0.05, 0) is 51.3 Å². The first kappa shape index (κ1) is 22.0. The summed E-state index contributed by atoms with van der Waals surface area (Å²) in [6.07, 6.45) is 5.20. The Labute approximate surface area is 172 Å². The van der Waals surface area contributed by atoms with Gasteiger partial charge in [-0.1, -0.05) is 37.8 Å². The number of hydrogen-bond acceptors (Lipinski definition) is 4. The van der Waals surface area contributed by atoms with Gasteiger partial charge >= 0.3 is 0 Å². The van der Waals surface area contributed by atoms with Crippen molar-refractivity contribution in [3.63, 3.8) is 0 Å². The number of benzene rings is 1. The molecule has 2 amide bonds. The molecule has 0 bridgehead atoms. The van der Waals surface area contributed by atoms with Gasteiger partial charge in [0, 0.05) is 11.2 Å². The lowest BCUT2D eigenvalue weighted by Gasteiger charge is -2.31. The van der Waals surface area contributed by atoms with Crippen LogP contribution in [0.25, 0.3) is 0 Å². The van der Waals surface area contributed by atoms with Crippen LogP contribution < -0.4 is 16.0 Å². The molecule has 0 aromatic heterocycles. The molecular formula is C21H29ClN4O2. The van der Waals surface area contributed by atoms with Gasteiger partial charge in [0.15, 0.2) is 0 Å². The fourth-order valence-electron chi connectivity index (χ4n) is 3.19. The molecular weight excluding hydrogens is 376 g/mol. The minimum absolute atomic E-state index is 0.0359. The zero-order valence-electron chi connectivity index (χ0n) is 16.8. The van der Waals surface area contributed by atoms with Gasteiger partial charge in [-0.3, -0.25) is 9.59 Å². The number of anilines is 1. The van der Waals surface area contributed by atoms with Crippen molar-refractivity contribution in [1.29, 1.82) is 5.26 Å². The molecule has 2 rings (SSSR count). The zero-order chi connectivity index (χ0) is 20.8. The van der Waals surface area contributed by atoms with E-state index in [-0.39, 0.29) is 23.9 Å². The van der Waals surface area contributed by atoms with E-state index in [4.69, 9.17) is 11.6 Å². The lowest BCUT2D eigenvalue weighted by Crippen LogP contribution is -2.50. The average Bonchev–Trinajstić information content (AvgIpc) is 2.66. The number of nitriles is 1. The topological polar surface area (TPSA) is 94.0 Å². The minimum Gasteiger partial charge on any atom is -0.376 e. The standard InChI is InChI=1S/C21H29ClN4O2/c1-4-20(2,3)26-19(28)16-9-8-15(12-17(16)22)24-13-18(27)25-21(14-23)10-6-5-7-11-21/h8-9,12,24H,4-7,10-11,13H2,1-3H3,(H,25,27)(H,26,28). The predicted molar refractivity (Wildman–Crippen MR) is 111 cm³/mol. The predicted octanol–water partition coefficient (Wildman–Crippen LogP) is 4.01. The van der Waals surface area contributed by atoms with E-state index in [1.54, 1.807) is 18.2 Å². The van der Waals surface area contributed by atoms with E-state index < -0.39 is 5.54 Å². The third-order valence-electron chi connectivity index (χ3n) is 5.30. The highest BCUT2D eigenvalue weighted by Gasteiger charge is 2.33. The van der Waals surface area contributed by atoms with Crippen LogP contribution in [-0.2, 0) is 4.79 Å². The number of hydrogen-bond donors (Lipinski definition) is 3. The van der Waals surface area contributed by atoms with Crippen molar-refractivity contribution < 1.29 is 9.59 Å². The first-order chi connectivity index (χ1) is 13.2.